The Bertz CT molecular complexity index is 312. The molecule has 0 aromatic carbocycles. The molecular weight excluding hydrogens is 220 g/mol. The van der Waals surface area contributed by atoms with E-state index in [9.17, 15) is 8.42 Å². The molecule has 0 fully saturated rings. The van der Waals surface area contributed by atoms with Crippen molar-refractivity contribution in [3.8, 4) is 0 Å². The fourth-order valence-electron chi connectivity index (χ4n) is 0.737. The summed E-state index contributed by atoms with van der Waals surface area (Å²) in [5, 5.41) is 11.0. The Hall–Kier alpha value is -0.860. The molecule has 0 radical (unpaired) electrons. The van der Waals surface area contributed by atoms with E-state index in [1.165, 1.54) is 11.4 Å². The highest BCUT2D eigenvalue weighted by molar-refractivity contribution is 7.87. The van der Waals surface area contributed by atoms with Gasteiger partial charge in [0.1, 0.15) is 5.84 Å². The van der Waals surface area contributed by atoms with Gasteiger partial charge in [-0.05, 0) is 13.8 Å². The van der Waals surface area contributed by atoms with Crippen LogP contribution >= 0.6 is 0 Å². The van der Waals surface area contributed by atoms with Crippen LogP contribution < -0.4 is 10.5 Å². The first-order valence-electron chi connectivity index (χ1n) is 4.50. The molecule has 0 aliphatic rings. The molecule has 0 aliphatic heterocycles. The molecule has 0 amide bonds. The standard InChI is InChI=1S/C7H18N4O3S/c1-6(2)11(3)15(13,14)9-5-4-7(8)10-12/h6,9,12H,4-5H2,1-3H3,(H2,8,10). The van der Waals surface area contributed by atoms with Crippen molar-refractivity contribution >= 4 is 16.0 Å². The monoisotopic (exact) mass is 238 g/mol. The lowest BCUT2D eigenvalue weighted by Crippen LogP contribution is -2.42. The van der Waals surface area contributed by atoms with Gasteiger partial charge in [0, 0.05) is 26.1 Å². The van der Waals surface area contributed by atoms with Gasteiger partial charge in [-0.25, -0.2) is 4.72 Å². The first-order chi connectivity index (χ1) is 6.81. The highest BCUT2D eigenvalue weighted by atomic mass is 32.2. The lowest BCUT2D eigenvalue weighted by atomic mass is 10.4. The number of hydrogen-bond donors (Lipinski definition) is 3. The van der Waals surface area contributed by atoms with Gasteiger partial charge >= 0.3 is 0 Å². The van der Waals surface area contributed by atoms with Crippen molar-refractivity contribution in [2.24, 2.45) is 10.9 Å². The van der Waals surface area contributed by atoms with Gasteiger partial charge in [-0.3, -0.25) is 0 Å². The van der Waals surface area contributed by atoms with Gasteiger partial charge in [-0.2, -0.15) is 12.7 Å². The van der Waals surface area contributed by atoms with E-state index < -0.39 is 10.2 Å². The molecule has 4 N–H and O–H groups in total. The molecule has 0 aromatic heterocycles. The van der Waals surface area contributed by atoms with E-state index in [0.29, 0.717) is 0 Å². The fourth-order valence-corrected chi connectivity index (χ4v) is 1.86. The zero-order valence-electron chi connectivity index (χ0n) is 9.14. The molecule has 0 aromatic rings. The molecule has 0 saturated carbocycles. The van der Waals surface area contributed by atoms with Gasteiger partial charge in [0.25, 0.3) is 10.2 Å². The summed E-state index contributed by atoms with van der Waals surface area (Å²) < 4.78 is 26.6. The van der Waals surface area contributed by atoms with E-state index in [1.54, 1.807) is 13.8 Å². The van der Waals surface area contributed by atoms with Crippen molar-refractivity contribution in [1.82, 2.24) is 9.03 Å². The van der Waals surface area contributed by atoms with Crippen LogP contribution in [0.25, 0.3) is 0 Å². The van der Waals surface area contributed by atoms with E-state index in [2.05, 4.69) is 9.88 Å². The average molecular weight is 238 g/mol. The zero-order valence-corrected chi connectivity index (χ0v) is 9.95. The van der Waals surface area contributed by atoms with Crippen molar-refractivity contribution in [3.63, 3.8) is 0 Å². The van der Waals surface area contributed by atoms with Gasteiger partial charge in [0.15, 0.2) is 0 Å². The minimum absolute atomic E-state index is 0.00935. The second-order valence-corrected chi connectivity index (χ2v) is 5.17. The van der Waals surface area contributed by atoms with E-state index in [1.807, 2.05) is 0 Å². The third-order valence-corrected chi connectivity index (χ3v) is 3.65. The minimum atomic E-state index is -3.47. The SMILES string of the molecule is CC(C)N(C)S(=O)(=O)NCCC(N)=NO. The molecule has 0 aliphatic carbocycles. The van der Waals surface area contributed by atoms with E-state index in [-0.39, 0.29) is 24.8 Å². The number of amidine groups is 1. The largest absolute Gasteiger partial charge is 0.409 e. The second-order valence-electron chi connectivity index (χ2n) is 3.35. The highest BCUT2D eigenvalue weighted by Gasteiger charge is 2.19. The Morgan fingerprint density at radius 1 is 1.60 bits per heavy atom. The normalized spacial score (nSPS) is 13.8. The van der Waals surface area contributed by atoms with Crippen LogP contribution in [0.3, 0.4) is 0 Å². The van der Waals surface area contributed by atoms with E-state index in [4.69, 9.17) is 10.9 Å². The van der Waals surface area contributed by atoms with Gasteiger partial charge in [0.05, 0.1) is 0 Å². The molecular formula is C7H18N4O3S. The number of nitrogens with zero attached hydrogens (tertiary/aromatic N) is 2. The number of nitrogens with two attached hydrogens (primary N) is 1. The summed E-state index contributed by atoms with van der Waals surface area (Å²) in [5.74, 6) is -0.00935. The van der Waals surface area contributed by atoms with Gasteiger partial charge < -0.3 is 10.9 Å². The highest BCUT2D eigenvalue weighted by Crippen LogP contribution is 2.00. The molecule has 90 valence electrons. The Labute approximate surface area is 90.1 Å². The average Bonchev–Trinajstić information content (AvgIpc) is 2.15. The Morgan fingerprint density at radius 3 is 2.53 bits per heavy atom. The predicted molar refractivity (Wildman–Crippen MR) is 57.8 cm³/mol. The summed E-state index contributed by atoms with van der Waals surface area (Å²) in [5.41, 5.74) is 5.19. The molecule has 0 unspecified atom stereocenters. The summed E-state index contributed by atoms with van der Waals surface area (Å²) in [6.07, 6.45) is 0.168. The maximum Gasteiger partial charge on any atom is 0.279 e. The molecule has 0 heterocycles. The van der Waals surface area contributed by atoms with Crippen molar-refractivity contribution in [3.05, 3.63) is 0 Å². The van der Waals surface area contributed by atoms with Gasteiger partial charge in [-0.1, -0.05) is 5.16 Å². The molecule has 15 heavy (non-hydrogen) atoms. The van der Waals surface area contributed by atoms with Crippen LogP contribution in [0.4, 0.5) is 0 Å². The summed E-state index contributed by atoms with van der Waals surface area (Å²) in [6, 6.07) is -0.119. The van der Waals surface area contributed by atoms with Crippen LogP contribution in [0, 0.1) is 0 Å². The van der Waals surface area contributed by atoms with Crippen molar-refractivity contribution in [2.45, 2.75) is 26.3 Å². The molecule has 0 rings (SSSR count). The van der Waals surface area contributed by atoms with Crippen LogP contribution in [0.1, 0.15) is 20.3 Å². The number of oxime groups is 1. The summed E-state index contributed by atoms with van der Waals surface area (Å²) in [6.45, 7) is 3.64. The van der Waals surface area contributed by atoms with Gasteiger partial charge in [0.2, 0.25) is 0 Å². The summed E-state index contributed by atoms with van der Waals surface area (Å²) >= 11 is 0. The van der Waals surface area contributed by atoms with E-state index >= 15 is 0 Å². The van der Waals surface area contributed by atoms with Crippen LogP contribution in [0.15, 0.2) is 5.16 Å². The third kappa shape index (κ3) is 4.96. The summed E-state index contributed by atoms with van der Waals surface area (Å²) in [4.78, 5) is 0. The molecule has 0 spiro atoms. The topological polar surface area (TPSA) is 108 Å². The van der Waals surface area contributed by atoms with Crippen LogP contribution in [-0.4, -0.2) is 43.4 Å². The number of nitrogens with one attached hydrogen (secondary N) is 1. The van der Waals surface area contributed by atoms with Crippen LogP contribution in [0.2, 0.25) is 0 Å². The smallest absolute Gasteiger partial charge is 0.279 e. The fraction of sp³-hybridized carbons (Fsp3) is 0.857. The first kappa shape index (κ1) is 14.1. The molecule has 0 bridgehead atoms. The van der Waals surface area contributed by atoms with Crippen molar-refractivity contribution < 1.29 is 13.6 Å². The maximum absolute atomic E-state index is 11.5. The number of hydrogen-bond acceptors (Lipinski definition) is 4. The van der Waals surface area contributed by atoms with Crippen LogP contribution in [-0.2, 0) is 10.2 Å². The number of rotatable bonds is 6. The Kier molecular flexibility index (Phi) is 5.55. The zero-order chi connectivity index (χ0) is 12.1. The minimum Gasteiger partial charge on any atom is -0.409 e. The van der Waals surface area contributed by atoms with Crippen LogP contribution in [0.5, 0.6) is 0 Å². The van der Waals surface area contributed by atoms with Crippen molar-refractivity contribution in [2.75, 3.05) is 13.6 Å². The Morgan fingerprint density at radius 2 is 2.13 bits per heavy atom. The first-order valence-corrected chi connectivity index (χ1v) is 5.94. The molecule has 7 nitrogen and oxygen atoms in total. The van der Waals surface area contributed by atoms with E-state index in [0.717, 1.165) is 0 Å². The summed E-state index contributed by atoms with van der Waals surface area (Å²) in [7, 11) is -1.99. The molecule has 0 atom stereocenters. The lowest BCUT2D eigenvalue weighted by molar-refractivity contribution is 0.317. The quantitative estimate of drug-likeness (QED) is 0.246. The third-order valence-electron chi connectivity index (χ3n) is 1.90. The molecule has 8 heteroatoms. The second kappa shape index (κ2) is 5.89. The lowest BCUT2D eigenvalue weighted by Gasteiger charge is -2.20. The predicted octanol–water partition coefficient (Wildman–Crippen LogP) is -0.702. The Balaban J connectivity index is 4.18. The van der Waals surface area contributed by atoms with Crippen molar-refractivity contribution in [1.29, 1.82) is 0 Å². The molecule has 0 saturated heterocycles. The maximum atomic E-state index is 11.5. The van der Waals surface area contributed by atoms with Gasteiger partial charge in [-0.15, -0.1) is 0 Å².